The second kappa shape index (κ2) is 3.60. The highest BCUT2D eigenvalue weighted by Crippen LogP contribution is 2.38. The predicted octanol–water partition coefficient (Wildman–Crippen LogP) is 3.42. The zero-order valence-electron chi connectivity index (χ0n) is 9.84. The van der Waals surface area contributed by atoms with Crippen LogP contribution in [0.25, 0.3) is 0 Å². The van der Waals surface area contributed by atoms with Crippen LogP contribution in [-0.4, -0.2) is 18.0 Å². The molecular formula is C13H23N. The number of hydrogen-bond donors (Lipinski definition) is 0. The van der Waals surface area contributed by atoms with Gasteiger partial charge < -0.3 is 4.90 Å². The maximum atomic E-state index is 2.62. The molecule has 14 heavy (non-hydrogen) atoms. The first-order chi connectivity index (χ1) is 6.58. The van der Waals surface area contributed by atoms with Gasteiger partial charge in [0.25, 0.3) is 0 Å². The molecule has 1 nitrogen and oxygen atoms in total. The normalized spacial score (nSPS) is 31.8. The van der Waals surface area contributed by atoms with E-state index in [9.17, 15) is 0 Å². The Kier molecular flexibility index (Phi) is 2.59. The molecule has 0 N–H and O–H groups in total. The number of likely N-dealkylation sites (tertiary alicyclic amines) is 1. The number of allylic oxidation sites excluding steroid dienone is 2. The molecule has 0 spiro atoms. The van der Waals surface area contributed by atoms with Crippen molar-refractivity contribution in [2.45, 2.75) is 46.5 Å². The molecule has 0 aromatic carbocycles. The molecule has 1 fully saturated rings. The molecule has 0 bridgehead atoms. The number of rotatable bonds is 1. The molecule has 1 unspecified atom stereocenters. The summed E-state index contributed by atoms with van der Waals surface area (Å²) in [4.78, 5) is 2.62. The maximum Gasteiger partial charge on any atom is 0.0175 e. The van der Waals surface area contributed by atoms with E-state index >= 15 is 0 Å². The molecule has 1 atom stereocenters. The molecule has 0 saturated carbocycles. The van der Waals surface area contributed by atoms with E-state index in [1.54, 1.807) is 5.70 Å². The van der Waals surface area contributed by atoms with Crippen LogP contribution in [0, 0.1) is 11.3 Å². The Balaban J connectivity index is 2.17. The summed E-state index contributed by atoms with van der Waals surface area (Å²) < 4.78 is 0. The highest BCUT2D eigenvalue weighted by Gasteiger charge is 2.28. The summed E-state index contributed by atoms with van der Waals surface area (Å²) in [6.07, 6.45) is 8.04. The molecule has 0 amide bonds. The highest BCUT2D eigenvalue weighted by molar-refractivity contribution is 5.14. The van der Waals surface area contributed by atoms with Gasteiger partial charge in [-0.05, 0) is 37.0 Å². The quantitative estimate of drug-likeness (QED) is 0.617. The molecule has 2 aliphatic rings. The number of hydrogen-bond acceptors (Lipinski definition) is 1. The molecule has 1 saturated heterocycles. The van der Waals surface area contributed by atoms with Gasteiger partial charge >= 0.3 is 0 Å². The highest BCUT2D eigenvalue weighted by atomic mass is 15.2. The van der Waals surface area contributed by atoms with Crippen LogP contribution >= 0.6 is 0 Å². The molecule has 1 heterocycles. The molecule has 1 aliphatic heterocycles. The van der Waals surface area contributed by atoms with Gasteiger partial charge in [-0.25, -0.2) is 0 Å². The smallest absolute Gasteiger partial charge is 0.0175 e. The summed E-state index contributed by atoms with van der Waals surface area (Å²) >= 11 is 0. The van der Waals surface area contributed by atoms with Crippen molar-refractivity contribution in [3.63, 3.8) is 0 Å². The average Bonchev–Trinajstić information content (AvgIpc) is 2.62. The van der Waals surface area contributed by atoms with Crippen LogP contribution in [0.15, 0.2) is 11.8 Å². The number of nitrogens with zero attached hydrogens (tertiary/aromatic N) is 1. The molecule has 80 valence electrons. The Hall–Kier alpha value is -0.460. The van der Waals surface area contributed by atoms with Crippen molar-refractivity contribution in [3.05, 3.63) is 11.8 Å². The molecule has 0 aromatic heterocycles. The van der Waals surface area contributed by atoms with E-state index in [0.29, 0.717) is 5.41 Å². The van der Waals surface area contributed by atoms with Crippen molar-refractivity contribution in [2.24, 2.45) is 11.3 Å². The van der Waals surface area contributed by atoms with Crippen LogP contribution in [0.5, 0.6) is 0 Å². The topological polar surface area (TPSA) is 3.24 Å². The largest absolute Gasteiger partial charge is 0.375 e. The van der Waals surface area contributed by atoms with E-state index in [1.807, 2.05) is 0 Å². The first kappa shape index (κ1) is 10.1. The Morgan fingerprint density at radius 1 is 1.29 bits per heavy atom. The fraction of sp³-hybridized carbons (Fsp3) is 0.846. The first-order valence-corrected chi connectivity index (χ1v) is 6.06. The van der Waals surface area contributed by atoms with E-state index in [0.717, 1.165) is 5.92 Å². The van der Waals surface area contributed by atoms with Crippen molar-refractivity contribution < 1.29 is 0 Å². The van der Waals surface area contributed by atoms with Crippen molar-refractivity contribution in [2.75, 3.05) is 13.1 Å². The van der Waals surface area contributed by atoms with Gasteiger partial charge in [0, 0.05) is 18.8 Å². The maximum absolute atomic E-state index is 2.62. The zero-order chi connectivity index (χ0) is 10.2. The van der Waals surface area contributed by atoms with Crippen LogP contribution < -0.4 is 0 Å². The third-order valence-corrected chi connectivity index (χ3v) is 3.74. The SMILES string of the molecule is CC1CCC(C)(C)C=C1N1CCCC1. The fourth-order valence-electron chi connectivity index (χ4n) is 2.73. The van der Waals surface area contributed by atoms with Gasteiger partial charge in [-0.1, -0.05) is 26.8 Å². The van der Waals surface area contributed by atoms with Crippen LogP contribution in [0.3, 0.4) is 0 Å². The summed E-state index contributed by atoms with van der Waals surface area (Å²) in [5.74, 6) is 0.793. The van der Waals surface area contributed by atoms with Gasteiger partial charge in [0.15, 0.2) is 0 Å². The fourth-order valence-corrected chi connectivity index (χ4v) is 2.73. The van der Waals surface area contributed by atoms with Gasteiger partial charge in [0.05, 0.1) is 0 Å². The summed E-state index contributed by atoms with van der Waals surface area (Å²) in [5.41, 5.74) is 2.07. The van der Waals surface area contributed by atoms with Gasteiger partial charge in [-0.15, -0.1) is 0 Å². The standard InChI is InChI=1S/C13H23N/c1-11-6-7-13(2,3)10-12(11)14-8-4-5-9-14/h10-11H,4-9H2,1-3H3. The average molecular weight is 193 g/mol. The predicted molar refractivity (Wildman–Crippen MR) is 61.1 cm³/mol. The van der Waals surface area contributed by atoms with Crippen molar-refractivity contribution in [1.29, 1.82) is 0 Å². The second-order valence-corrected chi connectivity index (χ2v) is 5.69. The van der Waals surface area contributed by atoms with E-state index < -0.39 is 0 Å². The minimum absolute atomic E-state index is 0.435. The third kappa shape index (κ3) is 1.97. The summed E-state index contributed by atoms with van der Waals surface area (Å²) in [6.45, 7) is 9.72. The molecule has 0 aromatic rings. The van der Waals surface area contributed by atoms with Crippen LogP contribution in [0.2, 0.25) is 0 Å². The summed E-state index contributed by atoms with van der Waals surface area (Å²) in [5, 5.41) is 0. The molecule has 1 aliphatic carbocycles. The Morgan fingerprint density at radius 3 is 2.57 bits per heavy atom. The van der Waals surface area contributed by atoms with Gasteiger partial charge in [-0.3, -0.25) is 0 Å². The monoisotopic (exact) mass is 193 g/mol. The van der Waals surface area contributed by atoms with Gasteiger partial charge in [0.1, 0.15) is 0 Å². The van der Waals surface area contributed by atoms with Crippen LogP contribution in [0.1, 0.15) is 46.5 Å². The van der Waals surface area contributed by atoms with Gasteiger partial charge in [-0.2, -0.15) is 0 Å². The minimum atomic E-state index is 0.435. The van der Waals surface area contributed by atoms with Crippen molar-refractivity contribution >= 4 is 0 Å². The summed E-state index contributed by atoms with van der Waals surface area (Å²) in [7, 11) is 0. The second-order valence-electron chi connectivity index (χ2n) is 5.69. The lowest BCUT2D eigenvalue weighted by atomic mass is 9.77. The van der Waals surface area contributed by atoms with E-state index in [-0.39, 0.29) is 0 Å². The molecule has 2 rings (SSSR count). The molecular weight excluding hydrogens is 170 g/mol. The minimum Gasteiger partial charge on any atom is -0.375 e. The first-order valence-electron chi connectivity index (χ1n) is 6.06. The van der Waals surface area contributed by atoms with E-state index in [1.165, 1.54) is 38.8 Å². The summed E-state index contributed by atoms with van der Waals surface area (Å²) in [6, 6.07) is 0. The van der Waals surface area contributed by atoms with E-state index in [4.69, 9.17) is 0 Å². The lowest BCUT2D eigenvalue weighted by Gasteiger charge is -2.36. The molecule has 1 heteroatoms. The lowest BCUT2D eigenvalue weighted by molar-refractivity contribution is 0.283. The van der Waals surface area contributed by atoms with Crippen LogP contribution in [-0.2, 0) is 0 Å². The van der Waals surface area contributed by atoms with Gasteiger partial charge in [0.2, 0.25) is 0 Å². The zero-order valence-corrected chi connectivity index (χ0v) is 9.84. The Morgan fingerprint density at radius 2 is 1.93 bits per heavy atom. The van der Waals surface area contributed by atoms with Crippen molar-refractivity contribution in [3.8, 4) is 0 Å². The Labute approximate surface area is 88.2 Å². The van der Waals surface area contributed by atoms with E-state index in [2.05, 4.69) is 31.7 Å². The van der Waals surface area contributed by atoms with Crippen molar-refractivity contribution in [1.82, 2.24) is 4.90 Å². The van der Waals surface area contributed by atoms with Crippen LogP contribution in [0.4, 0.5) is 0 Å². The molecule has 0 radical (unpaired) electrons. The Bertz CT molecular complexity index is 234. The lowest BCUT2D eigenvalue weighted by Crippen LogP contribution is -2.29. The third-order valence-electron chi connectivity index (χ3n) is 3.74.